The van der Waals surface area contributed by atoms with Crippen LogP contribution in [0.5, 0.6) is 5.75 Å². The molecule has 0 fully saturated rings. The second kappa shape index (κ2) is 6.62. The van der Waals surface area contributed by atoms with E-state index in [0.717, 1.165) is 42.9 Å². The van der Waals surface area contributed by atoms with Gasteiger partial charge in [-0.1, -0.05) is 0 Å². The molecule has 2 heterocycles. The Hall–Kier alpha value is -2.34. The Bertz CT molecular complexity index is 649. The van der Waals surface area contributed by atoms with Crippen molar-refractivity contribution < 1.29 is 9.53 Å². The van der Waals surface area contributed by atoms with E-state index in [-0.39, 0.29) is 5.91 Å². The maximum atomic E-state index is 12.4. The first kappa shape index (κ1) is 14.6. The van der Waals surface area contributed by atoms with E-state index in [2.05, 4.69) is 10.4 Å². The van der Waals surface area contributed by atoms with Crippen molar-refractivity contribution in [2.75, 3.05) is 18.5 Å². The van der Waals surface area contributed by atoms with Crippen LogP contribution in [0.1, 0.15) is 28.9 Å². The van der Waals surface area contributed by atoms with Crippen molar-refractivity contribution in [3.05, 3.63) is 41.7 Å². The third-order valence-corrected chi connectivity index (χ3v) is 3.73. The van der Waals surface area contributed by atoms with Crippen molar-refractivity contribution in [2.45, 2.75) is 25.8 Å². The van der Waals surface area contributed by atoms with Gasteiger partial charge in [0.05, 0.1) is 17.5 Å². The molecule has 0 saturated carbocycles. The summed E-state index contributed by atoms with van der Waals surface area (Å²) in [4.78, 5) is 12.4. The van der Waals surface area contributed by atoms with Crippen LogP contribution in [0.4, 0.5) is 5.69 Å². The molecule has 1 aliphatic rings. The van der Waals surface area contributed by atoms with Crippen LogP contribution in [-0.4, -0.2) is 28.8 Å². The Kier molecular flexibility index (Phi) is 4.39. The van der Waals surface area contributed by atoms with E-state index in [1.165, 1.54) is 0 Å². The van der Waals surface area contributed by atoms with E-state index in [4.69, 9.17) is 10.5 Å². The topological polar surface area (TPSA) is 82.2 Å². The number of rotatable bonds is 5. The number of nitrogens with two attached hydrogens (primary N) is 1. The van der Waals surface area contributed by atoms with Gasteiger partial charge >= 0.3 is 0 Å². The predicted octanol–water partition coefficient (Wildman–Crippen LogP) is 1.81. The number of nitrogens with zero attached hydrogens (tertiary/aromatic N) is 2. The Morgan fingerprint density at radius 2 is 2.14 bits per heavy atom. The molecule has 116 valence electrons. The number of amides is 1. The number of fused-ring (bicyclic) bond motifs is 1. The maximum Gasteiger partial charge on any atom is 0.259 e. The standard InChI is InChI=1S/C16H20N4O2/c17-8-10-22-13-6-4-12(5-7-13)19-16(21)14-11-18-20-9-2-1-3-15(14)20/h4-7,11H,1-3,8-10,17H2,(H,19,21). The van der Waals surface area contributed by atoms with Gasteiger partial charge in [-0.05, 0) is 43.5 Å². The van der Waals surface area contributed by atoms with Crippen molar-refractivity contribution in [3.8, 4) is 5.75 Å². The number of nitrogens with one attached hydrogen (secondary N) is 1. The Labute approximate surface area is 129 Å². The molecule has 3 rings (SSSR count). The van der Waals surface area contributed by atoms with E-state index in [1.54, 1.807) is 6.20 Å². The predicted molar refractivity (Wildman–Crippen MR) is 84.1 cm³/mol. The number of carbonyl (C=O) groups is 1. The second-order valence-corrected chi connectivity index (χ2v) is 5.30. The lowest BCUT2D eigenvalue weighted by Crippen LogP contribution is -2.17. The molecule has 1 aromatic carbocycles. The Balaban J connectivity index is 1.67. The lowest BCUT2D eigenvalue weighted by atomic mass is 10.1. The number of aryl methyl sites for hydroxylation is 1. The fourth-order valence-corrected chi connectivity index (χ4v) is 2.62. The van der Waals surface area contributed by atoms with E-state index in [9.17, 15) is 4.79 Å². The minimum absolute atomic E-state index is 0.112. The minimum Gasteiger partial charge on any atom is -0.492 e. The maximum absolute atomic E-state index is 12.4. The van der Waals surface area contributed by atoms with Crippen molar-refractivity contribution >= 4 is 11.6 Å². The molecule has 1 aromatic heterocycles. The van der Waals surface area contributed by atoms with Crippen LogP contribution in [0.15, 0.2) is 30.5 Å². The second-order valence-electron chi connectivity index (χ2n) is 5.30. The number of carbonyl (C=O) groups excluding carboxylic acids is 1. The van der Waals surface area contributed by atoms with Crippen LogP contribution < -0.4 is 15.8 Å². The first-order valence-electron chi connectivity index (χ1n) is 7.57. The zero-order valence-electron chi connectivity index (χ0n) is 12.4. The van der Waals surface area contributed by atoms with Gasteiger partial charge in [0, 0.05) is 18.8 Å². The summed E-state index contributed by atoms with van der Waals surface area (Å²) in [7, 11) is 0. The number of aromatic nitrogens is 2. The molecule has 22 heavy (non-hydrogen) atoms. The van der Waals surface area contributed by atoms with Gasteiger partial charge in [-0.3, -0.25) is 9.48 Å². The highest BCUT2D eigenvalue weighted by Gasteiger charge is 2.19. The molecule has 0 radical (unpaired) electrons. The SMILES string of the molecule is NCCOc1ccc(NC(=O)c2cnn3c2CCCC3)cc1. The third kappa shape index (κ3) is 3.12. The minimum atomic E-state index is -0.112. The molecule has 0 unspecified atom stereocenters. The van der Waals surface area contributed by atoms with Crippen LogP contribution in [0.25, 0.3) is 0 Å². The average molecular weight is 300 g/mol. The number of hydrogen-bond donors (Lipinski definition) is 2. The summed E-state index contributed by atoms with van der Waals surface area (Å²) in [5, 5.41) is 7.20. The molecule has 1 aliphatic heterocycles. The van der Waals surface area contributed by atoms with Crippen LogP contribution in [0.2, 0.25) is 0 Å². The van der Waals surface area contributed by atoms with Crippen molar-refractivity contribution in [2.24, 2.45) is 5.73 Å². The third-order valence-electron chi connectivity index (χ3n) is 3.73. The van der Waals surface area contributed by atoms with Gasteiger partial charge < -0.3 is 15.8 Å². The molecule has 6 nitrogen and oxygen atoms in total. The summed E-state index contributed by atoms with van der Waals surface area (Å²) in [5.74, 6) is 0.630. The number of ether oxygens (including phenoxy) is 1. The first-order valence-corrected chi connectivity index (χ1v) is 7.57. The normalized spacial score (nSPS) is 13.5. The summed E-state index contributed by atoms with van der Waals surface area (Å²) in [6.45, 7) is 1.86. The Morgan fingerprint density at radius 1 is 1.32 bits per heavy atom. The first-order chi connectivity index (χ1) is 10.8. The summed E-state index contributed by atoms with van der Waals surface area (Å²) < 4.78 is 7.34. The number of benzene rings is 1. The summed E-state index contributed by atoms with van der Waals surface area (Å²) in [6.07, 6.45) is 4.81. The van der Waals surface area contributed by atoms with Crippen molar-refractivity contribution in [3.63, 3.8) is 0 Å². The fourth-order valence-electron chi connectivity index (χ4n) is 2.62. The van der Waals surface area contributed by atoms with Gasteiger partial charge in [-0.25, -0.2) is 0 Å². The lowest BCUT2D eigenvalue weighted by Gasteiger charge is -2.14. The molecule has 6 heteroatoms. The van der Waals surface area contributed by atoms with E-state index >= 15 is 0 Å². The van der Waals surface area contributed by atoms with Gasteiger partial charge in [0.1, 0.15) is 12.4 Å². The molecule has 3 N–H and O–H groups in total. The molecule has 2 aromatic rings. The molecular weight excluding hydrogens is 280 g/mol. The molecular formula is C16H20N4O2. The molecule has 0 atom stereocenters. The van der Waals surface area contributed by atoms with Crippen LogP contribution in [-0.2, 0) is 13.0 Å². The Morgan fingerprint density at radius 3 is 2.91 bits per heavy atom. The molecule has 0 aliphatic carbocycles. The highest BCUT2D eigenvalue weighted by molar-refractivity contribution is 6.05. The number of hydrogen-bond acceptors (Lipinski definition) is 4. The zero-order valence-corrected chi connectivity index (χ0v) is 12.4. The molecule has 0 saturated heterocycles. The lowest BCUT2D eigenvalue weighted by molar-refractivity contribution is 0.102. The van der Waals surface area contributed by atoms with Gasteiger partial charge in [-0.2, -0.15) is 5.10 Å². The largest absolute Gasteiger partial charge is 0.492 e. The van der Waals surface area contributed by atoms with Crippen LogP contribution in [0.3, 0.4) is 0 Å². The van der Waals surface area contributed by atoms with Gasteiger partial charge in [0.25, 0.3) is 5.91 Å². The van der Waals surface area contributed by atoms with E-state index < -0.39 is 0 Å². The summed E-state index contributed by atoms with van der Waals surface area (Å²) in [5.41, 5.74) is 7.83. The van der Waals surface area contributed by atoms with E-state index in [0.29, 0.717) is 18.7 Å². The molecule has 1 amide bonds. The highest BCUT2D eigenvalue weighted by atomic mass is 16.5. The van der Waals surface area contributed by atoms with Crippen LogP contribution in [0, 0.1) is 0 Å². The average Bonchev–Trinajstić information content (AvgIpc) is 2.98. The summed E-state index contributed by atoms with van der Waals surface area (Å²) in [6, 6.07) is 7.27. The zero-order chi connectivity index (χ0) is 15.4. The van der Waals surface area contributed by atoms with Crippen molar-refractivity contribution in [1.82, 2.24) is 9.78 Å². The van der Waals surface area contributed by atoms with Gasteiger partial charge in [0.2, 0.25) is 0 Å². The van der Waals surface area contributed by atoms with Crippen LogP contribution >= 0.6 is 0 Å². The van der Waals surface area contributed by atoms with Gasteiger partial charge in [0.15, 0.2) is 0 Å². The number of anilines is 1. The highest BCUT2D eigenvalue weighted by Crippen LogP contribution is 2.20. The van der Waals surface area contributed by atoms with Gasteiger partial charge in [-0.15, -0.1) is 0 Å². The molecule has 0 bridgehead atoms. The van der Waals surface area contributed by atoms with E-state index in [1.807, 2.05) is 28.9 Å². The monoisotopic (exact) mass is 300 g/mol. The molecule has 0 spiro atoms. The fraction of sp³-hybridized carbons (Fsp3) is 0.375. The summed E-state index contributed by atoms with van der Waals surface area (Å²) >= 11 is 0. The smallest absolute Gasteiger partial charge is 0.259 e. The van der Waals surface area contributed by atoms with Crippen molar-refractivity contribution in [1.29, 1.82) is 0 Å². The quantitative estimate of drug-likeness (QED) is 0.882.